The van der Waals surface area contributed by atoms with Crippen LogP contribution >= 0.6 is 0 Å². The summed E-state index contributed by atoms with van der Waals surface area (Å²) in [6, 6.07) is 0. The van der Waals surface area contributed by atoms with Crippen LogP contribution in [0.5, 0.6) is 0 Å². The van der Waals surface area contributed by atoms with Gasteiger partial charge < -0.3 is 38.6 Å². The molecule has 0 bridgehead atoms. The number of hydrogen-bond acceptors (Lipinski definition) is 14. The summed E-state index contributed by atoms with van der Waals surface area (Å²) in [4.78, 5) is 75.4. The molecule has 3 heterocycles. The zero-order chi connectivity index (χ0) is 36.9. The van der Waals surface area contributed by atoms with Gasteiger partial charge in [0.05, 0.1) is 0 Å². The predicted molar refractivity (Wildman–Crippen MR) is 172 cm³/mol. The summed E-state index contributed by atoms with van der Waals surface area (Å²) in [6.45, 7) is 8.20. The van der Waals surface area contributed by atoms with Crippen molar-refractivity contribution in [2.75, 3.05) is 0 Å². The molecule has 2 saturated heterocycles. The number of carbonyl (C=O) groups excluding carboxylic acids is 6. The van der Waals surface area contributed by atoms with E-state index in [1.807, 2.05) is 13.0 Å². The average molecular weight is 697 g/mol. The number of carbonyl (C=O) groups is 6. The highest BCUT2D eigenvalue weighted by atomic mass is 16.8. The van der Waals surface area contributed by atoms with Gasteiger partial charge in [0.25, 0.3) is 23.3 Å². The fourth-order valence-electron chi connectivity index (χ4n) is 5.42. The smallest absolute Gasteiger partial charge is 0.348 e. The second-order valence-corrected chi connectivity index (χ2v) is 12.4. The summed E-state index contributed by atoms with van der Waals surface area (Å²) in [5, 5.41) is 20.3. The number of Topliss-reactive ketones (excluding diaryl/α,β-unsaturated/α-hetero) is 1. The summed E-state index contributed by atoms with van der Waals surface area (Å²) >= 11 is 0. The van der Waals surface area contributed by atoms with Crippen molar-refractivity contribution in [1.82, 2.24) is 0 Å². The van der Waals surface area contributed by atoms with E-state index < -0.39 is 70.6 Å². The Morgan fingerprint density at radius 1 is 0.760 bits per heavy atom. The van der Waals surface area contributed by atoms with Crippen LogP contribution in [0, 0.1) is 0 Å². The van der Waals surface area contributed by atoms with Crippen LogP contribution in [-0.2, 0) is 57.2 Å². The van der Waals surface area contributed by atoms with Crippen LogP contribution in [0.4, 0.5) is 0 Å². The van der Waals surface area contributed by atoms with Gasteiger partial charge in [0.15, 0.2) is 5.78 Å². The van der Waals surface area contributed by atoms with Gasteiger partial charge in [0.1, 0.15) is 22.8 Å². The monoisotopic (exact) mass is 696 g/mol. The van der Waals surface area contributed by atoms with Crippen molar-refractivity contribution in [1.29, 1.82) is 0 Å². The first-order chi connectivity index (χ1) is 23.5. The van der Waals surface area contributed by atoms with E-state index in [0.717, 1.165) is 11.6 Å². The standard InChI is InChI=1S/C36H40O14/c1-6-8-21(3)9-12-24-30(41)47-35(48-31(24)42)17-19-36(20-18-35)49-32(43)25(33(44)50-36)14-11-22(4)10-13-23-28(39)45-34(5,46-29(23)40)16-15-27(38)26(37)7-2/h6,8-14,26,37,43H,7,15-20H2,1-5H3/b8-6+,14-11+,21-9+,22-10+,23-13?,24-12?. The molecule has 1 atom stereocenters. The Bertz CT molecular complexity index is 1630. The first kappa shape index (κ1) is 37.6. The molecule has 14 nitrogen and oxygen atoms in total. The zero-order valence-corrected chi connectivity index (χ0v) is 28.4. The lowest BCUT2D eigenvalue weighted by Gasteiger charge is -2.46. The molecule has 0 aromatic heterocycles. The molecule has 0 aromatic carbocycles. The molecule has 3 aliphatic heterocycles. The Hall–Kier alpha value is -5.24. The summed E-state index contributed by atoms with van der Waals surface area (Å²) in [7, 11) is 0. The summed E-state index contributed by atoms with van der Waals surface area (Å²) < 4.78 is 32.7. The second kappa shape index (κ2) is 15.1. The van der Waals surface area contributed by atoms with Crippen LogP contribution in [0.15, 0.2) is 82.4 Å². The Morgan fingerprint density at radius 3 is 1.70 bits per heavy atom. The van der Waals surface area contributed by atoms with Crippen LogP contribution in [-0.4, -0.2) is 69.3 Å². The number of allylic oxidation sites excluding steroid dienone is 9. The molecule has 2 N–H and O–H groups in total. The number of cyclic esters (lactones) is 2. The molecule has 0 amide bonds. The number of ketones is 1. The lowest BCUT2D eigenvalue weighted by Crippen LogP contribution is -2.54. The topological polar surface area (TPSA) is 198 Å². The van der Waals surface area contributed by atoms with Crippen molar-refractivity contribution in [3.05, 3.63) is 82.4 Å². The molecule has 268 valence electrons. The minimum Gasteiger partial charge on any atom is -0.480 e. The Morgan fingerprint density at radius 2 is 1.22 bits per heavy atom. The largest absolute Gasteiger partial charge is 0.480 e. The number of hydrogen-bond donors (Lipinski definition) is 2. The minimum atomic E-state index is -1.68. The van der Waals surface area contributed by atoms with E-state index >= 15 is 0 Å². The van der Waals surface area contributed by atoms with Crippen LogP contribution < -0.4 is 0 Å². The third kappa shape index (κ3) is 8.67. The van der Waals surface area contributed by atoms with Crippen molar-refractivity contribution in [3.8, 4) is 0 Å². The summed E-state index contributed by atoms with van der Waals surface area (Å²) in [5.41, 5.74) is 0.264. The maximum atomic E-state index is 12.9. The third-order valence-corrected chi connectivity index (χ3v) is 8.39. The highest BCUT2D eigenvalue weighted by Gasteiger charge is 2.56. The molecule has 3 fully saturated rings. The Kier molecular flexibility index (Phi) is 11.4. The number of rotatable bonds is 10. The average Bonchev–Trinajstić information content (AvgIpc) is 3.04. The molecule has 1 unspecified atom stereocenters. The maximum absolute atomic E-state index is 12.9. The van der Waals surface area contributed by atoms with E-state index in [2.05, 4.69) is 0 Å². The van der Waals surface area contributed by atoms with E-state index in [1.165, 1.54) is 31.2 Å². The van der Waals surface area contributed by atoms with Crippen LogP contribution in [0.25, 0.3) is 0 Å². The van der Waals surface area contributed by atoms with Crippen molar-refractivity contribution < 1.29 is 67.4 Å². The fourth-order valence-corrected chi connectivity index (χ4v) is 5.42. The molecule has 2 spiro atoms. The highest BCUT2D eigenvalue weighted by molar-refractivity contribution is 6.16. The fraction of sp³-hybridized carbons (Fsp3) is 0.444. The Balaban J connectivity index is 1.36. The first-order valence-electron chi connectivity index (χ1n) is 16.1. The molecule has 4 aliphatic rings. The number of aliphatic hydroxyl groups is 2. The van der Waals surface area contributed by atoms with E-state index in [4.69, 9.17) is 28.4 Å². The van der Waals surface area contributed by atoms with E-state index in [0.29, 0.717) is 5.57 Å². The van der Waals surface area contributed by atoms with Gasteiger partial charge in [-0.25, -0.2) is 24.0 Å². The van der Waals surface area contributed by atoms with E-state index in [9.17, 15) is 39.0 Å². The third-order valence-electron chi connectivity index (χ3n) is 8.39. The van der Waals surface area contributed by atoms with Crippen molar-refractivity contribution in [3.63, 3.8) is 0 Å². The van der Waals surface area contributed by atoms with Crippen LogP contribution in [0.2, 0.25) is 0 Å². The lowest BCUT2D eigenvalue weighted by atomic mass is 9.87. The van der Waals surface area contributed by atoms with Gasteiger partial charge in [-0.2, -0.15) is 0 Å². The van der Waals surface area contributed by atoms with Crippen LogP contribution in [0.1, 0.15) is 79.6 Å². The normalized spacial score (nSPS) is 28.3. The van der Waals surface area contributed by atoms with Gasteiger partial charge in [0, 0.05) is 45.4 Å². The lowest BCUT2D eigenvalue weighted by molar-refractivity contribution is -0.297. The van der Waals surface area contributed by atoms with Crippen molar-refractivity contribution >= 4 is 35.6 Å². The number of ether oxygens (including phenoxy) is 6. The van der Waals surface area contributed by atoms with Gasteiger partial charge in [-0.15, -0.1) is 0 Å². The molecule has 1 aliphatic carbocycles. The summed E-state index contributed by atoms with van der Waals surface area (Å²) in [5.74, 6) is -10.5. The van der Waals surface area contributed by atoms with E-state index in [-0.39, 0.29) is 56.1 Å². The zero-order valence-electron chi connectivity index (χ0n) is 28.4. The highest BCUT2D eigenvalue weighted by Crippen LogP contribution is 2.46. The van der Waals surface area contributed by atoms with E-state index in [1.54, 1.807) is 32.9 Å². The summed E-state index contributed by atoms with van der Waals surface area (Å²) in [6.07, 6.45) is 10.2. The number of aliphatic hydroxyl groups excluding tert-OH is 2. The van der Waals surface area contributed by atoms with Crippen LogP contribution in [0.3, 0.4) is 0 Å². The second-order valence-electron chi connectivity index (χ2n) is 12.4. The predicted octanol–water partition coefficient (Wildman–Crippen LogP) is 4.21. The maximum Gasteiger partial charge on any atom is 0.348 e. The van der Waals surface area contributed by atoms with Crippen molar-refractivity contribution in [2.24, 2.45) is 0 Å². The molecule has 14 heteroatoms. The first-order valence-corrected chi connectivity index (χ1v) is 16.1. The molecule has 0 radical (unpaired) electrons. The SMILES string of the molecule is C/C=C/C(C)=C/C=C1C(=O)OC2(CCC3(CC2)OC(=O)C(/C=C/C(C)=C/C=C2C(=O)OC(C)(CCC(=O)C(O)CC)OC2=O)=C(O)O3)OC1=O. The molecular formula is C36H40O14. The minimum absolute atomic E-state index is 0.0580. The quantitative estimate of drug-likeness (QED) is 0.108. The van der Waals surface area contributed by atoms with Gasteiger partial charge >= 0.3 is 29.8 Å². The van der Waals surface area contributed by atoms with Gasteiger partial charge in [-0.1, -0.05) is 48.5 Å². The molecule has 0 aromatic rings. The molecular weight excluding hydrogens is 656 g/mol. The van der Waals surface area contributed by atoms with Gasteiger partial charge in [-0.05, 0) is 45.4 Å². The number of esters is 5. The molecule has 1 saturated carbocycles. The molecule has 50 heavy (non-hydrogen) atoms. The van der Waals surface area contributed by atoms with Gasteiger partial charge in [-0.3, -0.25) is 4.79 Å². The van der Waals surface area contributed by atoms with Crippen molar-refractivity contribution in [2.45, 2.75) is 103 Å². The molecule has 4 rings (SSSR count). The Labute approximate surface area is 288 Å². The van der Waals surface area contributed by atoms with Gasteiger partial charge in [0.2, 0.25) is 0 Å².